The molecule has 142 valence electrons. The minimum atomic E-state index is -0.827. The molecule has 1 aliphatic rings. The van der Waals surface area contributed by atoms with E-state index in [2.05, 4.69) is 12.1 Å². The van der Waals surface area contributed by atoms with Crippen molar-refractivity contribution in [3.8, 4) is 11.5 Å². The molecule has 2 unspecified atom stereocenters. The highest BCUT2D eigenvalue weighted by molar-refractivity contribution is 8.00. The van der Waals surface area contributed by atoms with Crippen molar-refractivity contribution in [2.75, 3.05) is 12.4 Å². The van der Waals surface area contributed by atoms with Crippen LogP contribution in [0, 0.1) is 0 Å². The van der Waals surface area contributed by atoms with Crippen LogP contribution in [0.3, 0.4) is 0 Å². The number of carbonyl (C=O) groups is 1. The summed E-state index contributed by atoms with van der Waals surface area (Å²) in [4.78, 5) is 11.7. The summed E-state index contributed by atoms with van der Waals surface area (Å²) >= 11 is 1.30. The molecule has 3 aromatic rings. The summed E-state index contributed by atoms with van der Waals surface area (Å²) in [5.41, 5.74) is 3.26. The van der Waals surface area contributed by atoms with Crippen LogP contribution in [-0.4, -0.2) is 28.5 Å². The van der Waals surface area contributed by atoms with E-state index in [0.717, 1.165) is 21.8 Å². The molecular weight excluding hydrogens is 372 g/mol. The van der Waals surface area contributed by atoms with Gasteiger partial charge < -0.3 is 14.9 Å². The number of thioether (sulfide) groups is 1. The number of hydrogen-bond donors (Lipinski definition) is 2. The Morgan fingerprint density at radius 2 is 1.75 bits per heavy atom. The average Bonchev–Trinajstić information content (AvgIpc) is 2.72. The Balaban J connectivity index is 1.73. The molecule has 0 bridgehead atoms. The smallest absolute Gasteiger partial charge is 0.313 e. The van der Waals surface area contributed by atoms with Crippen LogP contribution in [0.4, 0.5) is 0 Å². The fraction of sp³-hybridized carbons (Fsp3) is 0.174. The maximum Gasteiger partial charge on any atom is 0.313 e. The predicted molar refractivity (Wildman–Crippen MR) is 109 cm³/mol. The second-order valence-electron chi connectivity index (χ2n) is 6.78. The third-order valence-corrected chi connectivity index (χ3v) is 5.98. The molecule has 5 heteroatoms. The van der Waals surface area contributed by atoms with Crippen molar-refractivity contribution >= 4 is 17.7 Å². The summed E-state index contributed by atoms with van der Waals surface area (Å²) in [7, 11) is 0. The molecule has 28 heavy (non-hydrogen) atoms. The number of hydrogen-bond acceptors (Lipinski definition) is 4. The van der Waals surface area contributed by atoms with Gasteiger partial charge in [0.2, 0.25) is 0 Å². The molecule has 0 saturated carbocycles. The van der Waals surface area contributed by atoms with Crippen molar-refractivity contribution in [3.05, 3.63) is 89.5 Å². The molecule has 4 nitrogen and oxygen atoms in total. The number of benzene rings is 3. The Bertz CT molecular complexity index is 970. The Hall–Kier alpha value is -2.92. The quantitative estimate of drug-likeness (QED) is 0.606. The van der Waals surface area contributed by atoms with Gasteiger partial charge in [-0.05, 0) is 41.5 Å². The zero-order valence-corrected chi connectivity index (χ0v) is 15.9. The molecule has 0 fully saturated rings. The molecule has 0 saturated heterocycles. The van der Waals surface area contributed by atoms with E-state index in [-0.39, 0.29) is 23.3 Å². The molecule has 0 spiro atoms. The maximum atomic E-state index is 10.8. The zero-order chi connectivity index (χ0) is 19.5. The van der Waals surface area contributed by atoms with Crippen molar-refractivity contribution < 1.29 is 19.7 Å². The van der Waals surface area contributed by atoms with Gasteiger partial charge in [0.1, 0.15) is 11.5 Å². The molecule has 0 aromatic heterocycles. The number of rotatable bonds is 5. The maximum absolute atomic E-state index is 10.8. The Morgan fingerprint density at radius 3 is 2.46 bits per heavy atom. The number of fused-ring (bicyclic) bond motifs is 1. The number of carboxylic acids is 1. The largest absolute Gasteiger partial charge is 0.508 e. The summed E-state index contributed by atoms with van der Waals surface area (Å²) in [5, 5.41) is 18.9. The highest BCUT2D eigenvalue weighted by Crippen LogP contribution is 2.47. The third kappa shape index (κ3) is 3.85. The number of aromatic hydroxyl groups is 1. The van der Waals surface area contributed by atoms with Gasteiger partial charge in [-0.3, -0.25) is 4.79 Å². The second kappa shape index (κ2) is 7.98. The van der Waals surface area contributed by atoms with E-state index >= 15 is 0 Å². The highest BCUT2D eigenvalue weighted by Gasteiger charge is 2.33. The van der Waals surface area contributed by atoms with Gasteiger partial charge in [-0.15, -0.1) is 11.8 Å². The van der Waals surface area contributed by atoms with Crippen LogP contribution in [0.5, 0.6) is 11.5 Å². The zero-order valence-electron chi connectivity index (χ0n) is 15.1. The first kappa shape index (κ1) is 18.4. The van der Waals surface area contributed by atoms with Gasteiger partial charge in [0.15, 0.2) is 0 Å². The number of phenolic OH excluding ortho intramolecular Hbond substituents is 1. The van der Waals surface area contributed by atoms with Crippen molar-refractivity contribution in [2.45, 2.75) is 16.7 Å². The highest BCUT2D eigenvalue weighted by atomic mass is 32.2. The first-order valence-corrected chi connectivity index (χ1v) is 10.1. The molecule has 0 radical (unpaired) electrons. The Labute approximate surface area is 167 Å². The molecule has 4 rings (SSSR count). The topological polar surface area (TPSA) is 66.8 Å². The van der Waals surface area contributed by atoms with Crippen molar-refractivity contribution in [1.82, 2.24) is 0 Å². The average molecular weight is 392 g/mol. The van der Waals surface area contributed by atoms with Gasteiger partial charge in [0, 0.05) is 22.3 Å². The molecule has 2 N–H and O–H groups in total. The van der Waals surface area contributed by atoms with Crippen molar-refractivity contribution in [2.24, 2.45) is 0 Å². The van der Waals surface area contributed by atoms with Crippen LogP contribution >= 0.6 is 11.8 Å². The van der Waals surface area contributed by atoms with Crippen LogP contribution in [0.2, 0.25) is 0 Å². The van der Waals surface area contributed by atoms with Crippen LogP contribution in [-0.2, 0) is 4.79 Å². The Kier molecular flexibility index (Phi) is 5.26. The number of ether oxygens (including phenoxy) is 1. The lowest BCUT2D eigenvalue weighted by molar-refractivity contribution is -0.133. The summed E-state index contributed by atoms with van der Waals surface area (Å²) in [5.74, 6) is 0.380. The first-order valence-electron chi connectivity index (χ1n) is 9.07. The summed E-state index contributed by atoms with van der Waals surface area (Å²) in [6.07, 6.45) is 0. The monoisotopic (exact) mass is 392 g/mol. The lowest BCUT2D eigenvalue weighted by atomic mass is 9.76. The number of aliphatic carboxylic acids is 1. The Morgan fingerprint density at radius 1 is 1.00 bits per heavy atom. The molecule has 2 atom stereocenters. The SMILES string of the molecule is O=C(O)CSc1ccc(C2c3cc(O)ccc3OCC2c2ccccc2)cc1. The minimum absolute atomic E-state index is 0.0387. The standard InChI is InChI=1S/C23H20O4S/c24-17-8-11-21-19(12-17)23(20(13-27-21)15-4-2-1-3-5-15)16-6-9-18(10-7-16)28-14-22(25)26/h1-12,20,23-24H,13-14H2,(H,25,26). The van der Waals surface area contributed by atoms with Gasteiger partial charge in [-0.2, -0.15) is 0 Å². The lowest BCUT2D eigenvalue weighted by Gasteiger charge is -2.34. The van der Waals surface area contributed by atoms with Crippen LogP contribution in [0.15, 0.2) is 77.7 Å². The van der Waals surface area contributed by atoms with Gasteiger partial charge in [0.05, 0.1) is 12.4 Å². The molecule has 3 aromatic carbocycles. The minimum Gasteiger partial charge on any atom is -0.508 e. The normalized spacial score (nSPS) is 18.1. The van der Waals surface area contributed by atoms with Gasteiger partial charge in [0.25, 0.3) is 0 Å². The fourth-order valence-corrected chi connectivity index (χ4v) is 4.34. The van der Waals surface area contributed by atoms with E-state index in [0.29, 0.717) is 6.61 Å². The van der Waals surface area contributed by atoms with Gasteiger partial charge in [-0.1, -0.05) is 42.5 Å². The first-order chi connectivity index (χ1) is 13.6. The fourth-order valence-electron chi connectivity index (χ4n) is 3.72. The summed E-state index contributed by atoms with van der Waals surface area (Å²) < 4.78 is 6.01. The van der Waals surface area contributed by atoms with Gasteiger partial charge >= 0.3 is 5.97 Å². The molecular formula is C23H20O4S. The third-order valence-electron chi connectivity index (χ3n) is 4.98. The number of phenols is 1. The van der Waals surface area contributed by atoms with Crippen LogP contribution in [0.1, 0.15) is 28.5 Å². The summed E-state index contributed by atoms with van der Waals surface area (Å²) in [6.45, 7) is 0.558. The van der Waals surface area contributed by atoms with Crippen LogP contribution in [0.25, 0.3) is 0 Å². The van der Waals surface area contributed by atoms with Gasteiger partial charge in [-0.25, -0.2) is 0 Å². The van der Waals surface area contributed by atoms with E-state index in [9.17, 15) is 9.90 Å². The molecule has 1 heterocycles. The molecule has 0 amide bonds. The predicted octanol–water partition coefficient (Wildman–Crippen LogP) is 4.88. The molecule has 0 aliphatic carbocycles. The van der Waals surface area contributed by atoms with Crippen molar-refractivity contribution in [1.29, 1.82) is 0 Å². The van der Waals surface area contributed by atoms with Crippen molar-refractivity contribution in [3.63, 3.8) is 0 Å². The lowest BCUT2D eigenvalue weighted by Crippen LogP contribution is -2.25. The van der Waals surface area contributed by atoms with E-state index in [1.807, 2.05) is 48.5 Å². The number of carboxylic acid groups (broad SMARTS) is 1. The van der Waals surface area contributed by atoms with E-state index < -0.39 is 5.97 Å². The van der Waals surface area contributed by atoms with E-state index in [1.165, 1.54) is 17.3 Å². The molecule has 1 aliphatic heterocycles. The van der Waals surface area contributed by atoms with E-state index in [4.69, 9.17) is 9.84 Å². The van der Waals surface area contributed by atoms with Crippen LogP contribution < -0.4 is 4.74 Å². The van der Waals surface area contributed by atoms with E-state index in [1.54, 1.807) is 12.1 Å². The second-order valence-corrected chi connectivity index (χ2v) is 7.83. The summed E-state index contributed by atoms with van der Waals surface area (Å²) in [6, 6.07) is 23.5.